The van der Waals surface area contributed by atoms with Gasteiger partial charge in [0.25, 0.3) is 0 Å². The van der Waals surface area contributed by atoms with Crippen LogP contribution in [0.1, 0.15) is 17.2 Å². The molecule has 2 rings (SSSR count). The second kappa shape index (κ2) is 8.93. The van der Waals surface area contributed by atoms with Gasteiger partial charge in [-0.05, 0) is 23.3 Å². The van der Waals surface area contributed by atoms with Crippen molar-refractivity contribution in [2.24, 2.45) is 10.2 Å². The van der Waals surface area contributed by atoms with Gasteiger partial charge in [-0.2, -0.15) is 5.11 Å². The lowest BCUT2D eigenvalue weighted by Crippen LogP contribution is -2.12. The minimum Gasteiger partial charge on any atom is -0.467 e. The Morgan fingerprint density at radius 3 is 2.54 bits per heavy atom. The second-order valence-electron chi connectivity index (χ2n) is 4.74. The molecule has 7 heteroatoms. The summed E-state index contributed by atoms with van der Waals surface area (Å²) in [5.74, 6) is -0.618. The predicted molar refractivity (Wildman–Crippen MR) is 90.4 cm³/mol. The van der Waals surface area contributed by atoms with Crippen LogP contribution in [-0.2, 0) is 20.9 Å². The zero-order valence-electron chi connectivity index (χ0n) is 12.9. The molecular formula is C17H15BrN2O4. The van der Waals surface area contributed by atoms with Crippen LogP contribution in [0.4, 0.5) is 4.79 Å². The smallest absolute Gasteiger partial charge is 0.452 e. The summed E-state index contributed by atoms with van der Waals surface area (Å²) >= 11 is 3.32. The van der Waals surface area contributed by atoms with Crippen molar-refractivity contribution < 1.29 is 19.1 Å². The first-order valence-corrected chi connectivity index (χ1v) is 7.84. The van der Waals surface area contributed by atoms with Crippen molar-refractivity contribution in [2.45, 2.75) is 12.6 Å². The fourth-order valence-electron chi connectivity index (χ4n) is 1.89. The van der Waals surface area contributed by atoms with E-state index in [0.29, 0.717) is 5.56 Å². The zero-order chi connectivity index (χ0) is 17.4. The molecule has 1 amide bonds. The van der Waals surface area contributed by atoms with Crippen molar-refractivity contribution >= 4 is 28.0 Å². The van der Waals surface area contributed by atoms with E-state index in [1.54, 1.807) is 18.2 Å². The summed E-state index contributed by atoms with van der Waals surface area (Å²) in [5.41, 5.74) is 1.38. The Bertz CT molecular complexity index is 734. The minimum atomic E-state index is -1.03. The molecule has 0 fully saturated rings. The summed E-state index contributed by atoms with van der Waals surface area (Å²) in [6.45, 7) is 0.0818. The largest absolute Gasteiger partial charge is 0.467 e. The zero-order valence-corrected chi connectivity index (χ0v) is 14.5. The van der Waals surface area contributed by atoms with Crippen LogP contribution >= 0.6 is 15.9 Å². The molecule has 0 saturated carbocycles. The maximum Gasteiger partial charge on any atom is 0.452 e. The molecule has 0 heterocycles. The Morgan fingerprint density at radius 2 is 1.88 bits per heavy atom. The van der Waals surface area contributed by atoms with Crippen LogP contribution in [0.3, 0.4) is 0 Å². The van der Waals surface area contributed by atoms with Gasteiger partial charge in [-0.25, -0.2) is 9.59 Å². The third kappa shape index (κ3) is 5.27. The third-order valence-corrected chi connectivity index (χ3v) is 3.54. The quantitative estimate of drug-likeness (QED) is 0.557. The van der Waals surface area contributed by atoms with Crippen LogP contribution in [-0.4, -0.2) is 19.2 Å². The Labute approximate surface area is 147 Å². The first-order chi connectivity index (χ1) is 11.6. The summed E-state index contributed by atoms with van der Waals surface area (Å²) in [5, 5.41) is 7.24. The molecule has 2 aromatic rings. The molecule has 0 radical (unpaired) electrons. The molecule has 0 aromatic heterocycles. The van der Waals surface area contributed by atoms with Gasteiger partial charge in [0.1, 0.15) is 6.61 Å². The van der Waals surface area contributed by atoms with Gasteiger partial charge in [0.05, 0.1) is 7.11 Å². The number of rotatable bonds is 5. The molecule has 24 heavy (non-hydrogen) atoms. The van der Waals surface area contributed by atoms with Gasteiger partial charge in [0, 0.05) is 4.47 Å². The number of nitrogens with zero attached hydrogens (tertiary/aromatic N) is 2. The number of halogens is 1. The number of hydrogen-bond donors (Lipinski definition) is 0. The van der Waals surface area contributed by atoms with Crippen LogP contribution in [0.25, 0.3) is 0 Å². The summed E-state index contributed by atoms with van der Waals surface area (Å²) in [6, 6.07) is 15.1. The van der Waals surface area contributed by atoms with Crippen LogP contribution in [0.2, 0.25) is 0 Å². The van der Waals surface area contributed by atoms with Gasteiger partial charge in [0.15, 0.2) is 6.04 Å². The van der Waals surface area contributed by atoms with E-state index in [0.717, 1.165) is 10.0 Å². The molecule has 1 unspecified atom stereocenters. The molecule has 0 bridgehead atoms. The molecule has 0 aliphatic carbocycles. The summed E-state index contributed by atoms with van der Waals surface area (Å²) in [6.07, 6.45) is -0.872. The van der Waals surface area contributed by atoms with Crippen molar-refractivity contribution in [3.63, 3.8) is 0 Å². The minimum absolute atomic E-state index is 0.0818. The molecule has 2 aromatic carbocycles. The molecule has 0 aliphatic heterocycles. The van der Waals surface area contributed by atoms with Crippen molar-refractivity contribution in [2.75, 3.05) is 7.11 Å². The van der Waals surface area contributed by atoms with Gasteiger partial charge in [-0.3, -0.25) is 0 Å². The van der Waals surface area contributed by atoms with Crippen molar-refractivity contribution in [3.8, 4) is 0 Å². The van der Waals surface area contributed by atoms with Crippen molar-refractivity contribution in [3.05, 3.63) is 70.2 Å². The maximum absolute atomic E-state index is 11.9. The lowest BCUT2D eigenvalue weighted by atomic mass is 10.1. The van der Waals surface area contributed by atoms with Crippen molar-refractivity contribution in [1.29, 1.82) is 0 Å². The molecule has 0 saturated heterocycles. The standard InChI is InChI=1S/C17H15BrN2O4/c1-23-16(21)15(13-8-5-9-14(18)10-13)19-20-17(22)24-11-12-6-3-2-4-7-12/h2-10,15H,11H2,1H3. The van der Waals surface area contributed by atoms with Gasteiger partial charge in [-0.1, -0.05) is 63.5 Å². The average molecular weight is 391 g/mol. The monoisotopic (exact) mass is 390 g/mol. The fraction of sp³-hybridized carbons (Fsp3) is 0.176. The first kappa shape index (κ1) is 17.8. The Hall–Kier alpha value is -2.54. The van der Waals surface area contributed by atoms with E-state index in [2.05, 4.69) is 26.2 Å². The van der Waals surface area contributed by atoms with Gasteiger partial charge in [0.2, 0.25) is 0 Å². The maximum atomic E-state index is 11.9. The topological polar surface area (TPSA) is 77.3 Å². The summed E-state index contributed by atoms with van der Waals surface area (Å²) in [4.78, 5) is 23.6. The number of benzene rings is 2. The number of carbonyl (C=O) groups is 2. The van der Waals surface area contributed by atoms with E-state index in [1.807, 2.05) is 36.4 Å². The van der Waals surface area contributed by atoms with E-state index in [1.165, 1.54) is 7.11 Å². The van der Waals surface area contributed by atoms with E-state index in [-0.39, 0.29) is 6.61 Å². The highest BCUT2D eigenvalue weighted by Crippen LogP contribution is 2.23. The van der Waals surface area contributed by atoms with Gasteiger partial charge >= 0.3 is 12.1 Å². The van der Waals surface area contributed by atoms with E-state index in [4.69, 9.17) is 9.47 Å². The van der Waals surface area contributed by atoms with Crippen LogP contribution < -0.4 is 0 Å². The number of ether oxygens (including phenoxy) is 2. The molecule has 0 N–H and O–H groups in total. The number of azo groups is 1. The van der Waals surface area contributed by atoms with Crippen LogP contribution in [0.15, 0.2) is 69.3 Å². The van der Waals surface area contributed by atoms with Gasteiger partial charge < -0.3 is 9.47 Å². The Balaban J connectivity index is 2.04. The number of hydrogen-bond acceptors (Lipinski definition) is 5. The van der Waals surface area contributed by atoms with E-state index < -0.39 is 18.1 Å². The number of esters is 1. The normalized spacial score (nSPS) is 11.9. The van der Waals surface area contributed by atoms with Crippen LogP contribution in [0.5, 0.6) is 0 Å². The molecule has 0 aliphatic rings. The summed E-state index contributed by atoms with van der Waals surface area (Å²) in [7, 11) is 1.25. The highest BCUT2D eigenvalue weighted by molar-refractivity contribution is 9.10. The Morgan fingerprint density at radius 1 is 1.12 bits per heavy atom. The van der Waals surface area contributed by atoms with E-state index in [9.17, 15) is 9.59 Å². The number of methoxy groups -OCH3 is 1. The average Bonchev–Trinajstić information content (AvgIpc) is 2.61. The first-order valence-electron chi connectivity index (χ1n) is 7.05. The SMILES string of the molecule is COC(=O)C(N=NC(=O)OCc1ccccc1)c1cccc(Br)c1. The molecular weight excluding hydrogens is 376 g/mol. The predicted octanol–water partition coefficient (Wildman–Crippen LogP) is 4.45. The van der Waals surface area contributed by atoms with E-state index >= 15 is 0 Å². The summed E-state index contributed by atoms with van der Waals surface area (Å²) < 4.78 is 10.5. The third-order valence-electron chi connectivity index (χ3n) is 3.05. The molecule has 0 spiro atoms. The Kier molecular flexibility index (Phi) is 6.62. The highest BCUT2D eigenvalue weighted by Gasteiger charge is 2.21. The second-order valence-corrected chi connectivity index (χ2v) is 5.65. The lowest BCUT2D eigenvalue weighted by Gasteiger charge is -2.09. The fourth-order valence-corrected chi connectivity index (χ4v) is 2.31. The lowest BCUT2D eigenvalue weighted by molar-refractivity contribution is -0.142. The van der Waals surface area contributed by atoms with Crippen molar-refractivity contribution in [1.82, 2.24) is 0 Å². The number of carbonyl (C=O) groups excluding carboxylic acids is 2. The molecule has 6 nitrogen and oxygen atoms in total. The molecule has 1 atom stereocenters. The molecule has 124 valence electrons. The highest BCUT2D eigenvalue weighted by atomic mass is 79.9. The number of amides is 1. The van der Waals surface area contributed by atoms with Gasteiger partial charge in [-0.15, -0.1) is 0 Å². The van der Waals surface area contributed by atoms with Crippen LogP contribution in [0, 0.1) is 0 Å².